The third-order valence-electron chi connectivity index (χ3n) is 4.81. The Kier molecular flexibility index (Phi) is 5.82. The quantitative estimate of drug-likeness (QED) is 0.875. The number of ether oxygens (including phenoxy) is 1. The first-order valence-electron chi connectivity index (χ1n) is 8.18. The average Bonchev–Trinajstić information content (AvgIpc) is 2.53. The van der Waals surface area contributed by atoms with Crippen LogP contribution in [-0.2, 0) is 0 Å². The van der Waals surface area contributed by atoms with Crippen LogP contribution in [0.4, 0.5) is 10.5 Å². The van der Waals surface area contributed by atoms with Gasteiger partial charge >= 0.3 is 6.03 Å². The molecule has 128 valence electrons. The predicted molar refractivity (Wildman–Crippen MR) is 91.9 cm³/mol. The number of urea groups is 1. The van der Waals surface area contributed by atoms with Crippen molar-refractivity contribution in [1.29, 1.82) is 0 Å². The normalized spacial score (nSPS) is 24.3. The van der Waals surface area contributed by atoms with Gasteiger partial charge in [0.25, 0.3) is 0 Å². The van der Waals surface area contributed by atoms with Crippen LogP contribution >= 0.6 is 0 Å². The molecule has 0 bridgehead atoms. The van der Waals surface area contributed by atoms with Crippen LogP contribution in [0.2, 0.25) is 0 Å². The largest absolute Gasteiger partial charge is 0.480 e. The lowest BCUT2D eigenvalue weighted by Gasteiger charge is -2.45. The fraction of sp³-hybridized carbons (Fsp3) is 0.647. The first-order valence-corrected chi connectivity index (χ1v) is 8.18. The number of amides is 2. The fourth-order valence-corrected chi connectivity index (χ4v) is 3.42. The van der Waals surface area contributed by atoms with E-state index in [0.717, 1.165) is 12.8 Å². The number of carbonyl (C=O) groups excluding carboxylic acids is 1. The van der Waals surface area contributed by atoms with E-state index in [1.54, 1.807) is 18.3 Å². The maximum Gasteiger partial charge on any atom is 0.319 e. The van der Waals surface area contributed by atoms with Gasteiger partial charge in [0.15, 0.2) is 0 Å². The zero-order chi connectivity index (χ0) is 16.9. The number of carbonyl (C=O) groups is 1. The summed E-state index contributed by atoms with van der Waals surface area (Å²) in [6.07, 6.45) is 6.33. The van der Waals surface area contributed by atoms with E-state index in [9.17, 15) is 4.79 Å². The van der Waals surface area contributed by atoms with E-state index in [1.807, 2.05) is 0 Å². The van der Waals surface area contributed by atoms with Gasteiger partial charge in [-0.1, -0.05) is 19.8 Å². The molecule has 0 spiro atoms. The van der Waals surface area contributed by atoms with Gasteiger partial charge in [-0.2, -0.15) is 0 Å². The minimum Gasteiger partial charge on any atom is -0.480 e. The van der Waals surface area contributed by atoms with Crippen molar-refractivity contribution >= 4 is 11.7 Å². The third kappa shape index (κ3) is 4.34. The second kappa shape index (κ2) is 7.64. The molecule has 0 saturated heterocycles. The third-order valence-corrected chi connectivity index (χ3v) is 4.81. The zero-order valence-corrected chi connectivity index (χ0v) is 14.6. The van der Waals surface area contributed by atoms with Crippen LogP contribution in [0.5, 0.6) is 5.88 Å². The molecule has 0 aromatic carbocycles. The summed E-state index contributed by atoms with van der Waals surface area (Å²) in [5, 5.41) is 5.83. The van der Waals surface area contributed by atoms with Gasteiger partial charge in [-0.3, -0.25) is 0 Å². The Balaban J connectivity index is 1.97. The number of aromatic nitrogens is 1. The van der Waals surface area contributed by atoms with Crippen molar-refractivity contribution in [2.75, 3.05) is 33.1 Å². The minimum atomic E-state index is -0.226. The van der Waals surface area contributed by atoms with Gasteiger partial charge in [0.05, 0.1) is 7.11 Å². The first-order chi connectivity index (χ1) is 11.0. The van der Waals surface area contributed by atoms with Crippen molar-refractivity contribution < 1.29 is 9.53 Å². The number of anilines is 1. The summed E-state index contributed by atoms with van der Waals surface area (Å²) in [7, 11) is 5.74. The van der Waals surface area contributed by atoms with Crippen molar-refractivity contribution in [3.63, 3.8) is 0 Å². The van der Waals surface area contributed by atoms with Gasteiger partial charge in [0.1, 0.15) is 5.69 Å². The number of hydrogen-bond acceptors (Lipinski definition) is 4. The average molecular weight is 320 g/mol. The Morgan fingerprint density at radius 2 is 2.30 bits per heavy atom. The van der Waals surface area contributed by atoms with E-state index in [0.29, 0.717) is 24.0 Å². The molecule has 2 N–H and O–H groups in total. The Morgan fingerprint density at radius 3 is 2.96 bits per heavy atom. The summed E-state index contributed by atoms with van der Waals surface area (Å²) in [6.45, 7) is 2.93. The van der Waals surface area contributed by atoms with Gasteiger partial charge in [-0.05, 0) is 45.0 Å². The molecule has 1 aromatic rings. The van der Waals surface area contributed by atoms with Crippen molar-refractivity contribution in [2.24, 2.45) is 5.92 Å². The summed E-state index contributed by atoms with van der Waals surface area (Å²) in [4.78, 5) is 18.6. The molecular weight excluding hydrogens is 292 g/mol. The topological polar surface area (TPSA) is 66.5 Å². The van der Waals surface area contributed by atoms with E-state index >= 15 is 0 Å². The van der Waals surface area contributed by atoms with Gasteiger partial charge in [0.2, 0.25) is 5.88 Å². The molecule has 0 unspecified atom stereocenters. The van der Waals surface area contributed by atoms with Crippen molar-refractivity contribution in [1.82, 2.24) is 15.2 Å². The second-order valence-corrected chi connectivity index (χ2v) is 6.69. The number of nitrogens with one attached hydrogen (secondary N) is 2. The monoisotopic (exact) mass is 320 g/mol. The van der Waals surface area contributed by atoms with Gasteiger partial charge in [0, 0.05) is 18.3 Å². The summed E-state index contributed by atoms with van der Waals surface area (Å²) < 4.78 is 5.15. The molecule has 0 radical (unpaired) electrons. The fourth-order valence-electron chi connectivity index (χ4n) is 3.42. The molecule has 1 aliphatic carbocycles. The highest BCUT2D eigenvalue weighted by Gasteiger charge is 2.37. The molecule has 1 saturated carbocycles. The molecule has 1 aliphatic rings. The number of pyridine rings is 1. The van der Waals surface area contributed by atoms with Crippen LogP contribution < -0.4 is 15.4 Å². The molecule has 0 aliphatic heterocycles. The molecule has 2 atom stereocenters. The molecule has 6 heteroatoms. The highest BCUT2D eigenvalue weighted by atomic mass is 16.5. The van der Waals surface area contributed by atoms with Crippen molar-refractivity contribution in [2.45, 2.75) is 38.1 Å². The summed E-state index contributed by atoms with van der Waals surface area (Å²) in [5.41, 5.74) is 0.608. The lowest BCUT2D eigenvalue weighted by molar-refractivity contribution is 0.0779. The Hall–Kier alpha value is -1.82. The number of methoxy groups -OCH3 is 1. The lowest BCUT2D eigenvalue weighted by atomic mass is 9.75. The van der Waals surface area contributed by atoms with Gasteiger partial charge in [-0.15, -0.1) is 0 Å². The lowest BCUT2D eigenvalue weighted by Crippen LogP contribution is -2.55. The smallest absolute Gasteiger partial charge is 0.319 e. The van der Waals surface area contributed by atoms with Crippen LogP contribution in [0, 0.1) is 5.92 Å². The maximum absolute atomic E-state index is 12.2. The van der Waals surface area contributed by atoms with E-state index < -0.39 is 0 Å². The van der Waals surface area contributed by atoms with Crippen LogP contribution in [0.25, 0.3) is 0 Å². The van der Waals surface area contributed by atoms with Crippen LogP contribution in [0.1, 0.15) is 32.6 Å². The molecule has 1 heterocycles. The molecule has 2 amide bonds. The van der Waals surface area contributed by atoms with Crippen LogP contribution in [0.15, 0.2) is 18.3 Å². The number of hydrogen-bond donors (Lipinski definition) is 2. The SMILES string of the molecule is COc1ncccc1NC(=O)NC[C@]1(N(C)C)CCC[C@@H](C)C1. The summed E-state index contributed by atoms with van der Waals surface area (Å²) in [6, 6.07) is 3.31. The standard InChI is InChI=1S/C17H28N4O2/c1-13-7-5-9-17(11-13,21(2)3)12-19-16(22)20-14-8-6-10-18-15(14)23-4/h6,8,10,13H,5,7,9,11-12H2,1-4H3,(H2,19,20,22)/t13-,17+/m1/s1. The van der Waals surface area contributed by atoms with Gasteiger partial charge in [-0.25, -0.2) is 9.78 Å². The second-order valence-electron chi connectivity index (χ2n) is 6.69. The first kappa shape index (κ1) is 17.5. The van der Waals surface area contributed by atoms with E-state index in [-0.39, 0.29) is 11.6 Å². The number of rotatable bonds is 5. The predicted octanol–water partition coefficient (Wildman–Crippen LogP) is 2.72. The summed E-state index contributed by atoms with van der Waals surface area (Å²) in [5.74, 6) is 1.10. The van der Waals surface area contributed by atoms with Gasteiger partial charge < -0.3 is 20.3 Å². The van der Waals surface area contributed by atoms with Crippen LogP contribution in [-0.4, -0.2) is 49.2 Å². The van der Waals surface area contributed by atoms with Crippen molar-refractivity contribution in [3.05, 3.63) is 18.3 Å². The number of nitrogens with zero attached hydrogens (tertiary/aromatic N) is 2. The van der Waals surface area contributed by atoms with Crippen LogP contribution in [0.3, 0.4) is 0 Å². The van der Waals surface area contributed by atoms with E-state index in [4.69, 9.17) is 4.74 Å². The minimum absolute atomic E-state index is 0.0357. The molecular formula is C17H28N4O2. The Morgan fingerprint density at radius 1 is 1.52 bits per heavy atom. The molecule has 23 heavy (non-hydrogen) atoms. The molecule has 1 fully saturated rings. The Bertz CT molecular complexity index is 535. The van der Waals surface area contributed by atoms with Crippen molar-refractivity contribution in [3.8, 4) is 5.88 Å². The highest BCUT2D eigenvalue weighted by molar-refractivity contribution is 5.90. The summed E-state index contributed by atoms with van der Waals surface area (Å²) >= 11 is 0. The molecule has 6 nitrogen and oxygen atoms in total. The zero-order valence-electron chi connectivity index (χ0n) is 14.6. The molecule has 2 rings (SSSR count). The number of likely N-dealkylation sites (N-methyl/N-ethyl adjacent to an activating group) is 1. The highest BCUT2D eigenvalue weighted by Crippen LogP contribution is 2.35. The maximum atomic E-state index is 12.2. The van der Waals surface area contributed by atoms with E-state index in [2.05, 4.69) is 41.5 Å². The van der Waals surface area contributed by atoms with E-state index in [1.165, 1.54) is 20.0 Å². The molecule has 1 aromatic heterocycles. The Labute approximate surface area is 138 Å².